The normalized spacial score (nSPS) is 16.3. The summed E-state index contributed by atoms with van der Waals surface area (Å²) in [5, 5.41) is 9.30. The summed E-state index contributed by atoms with van der Waals surface area (Å²) in [6.07, 6.45) is 6.04. The smallest absolute Gasteiger partial charge is 0.215 e. The van der Waals surface area contributed by atoms with E-state index >= 15 is 0 Å². The molecule has 3 N–H and O–H groups in total. The zero-order valence-corrected chi connectivity index (χ0v) is 11.5. The lowest BCUT2D eigenvalue weighted by atomic mass is 9.94. The number of aliphatic hydroxyl groups is 1. The number of methoxy groups -OCH3 is 1. The van der Waals surface area contributed by atoms with E-state index in [1.165, 1.54) is 19.3 Å². The fraction of sp³-hybridized carbons (Fsp3) is 0.643. The Hall–Kier alpha value is -1.49. The van der Waals surface area contributed by atoms with E-state index in [4.69, 9.17) is 10.5 Å². The first-order valence-corrected chi connectivity index (χ1v) is 6.94. The molecule has 0 aromatic carbocycles. The van der Waals surface area contributed by atoms with Gasteiger partial charge in [-0.15, -0.1) is 0 Å². The number of aliphatic hydroxyl groups excluding tert-OH is 1. The van der Waals surface area contributed by atoms with E-state index in [-0.39, 0.29) is 6.61 Å². The molecule has 0 amide bonds. The number of nitrogen functional groups attached to an aromatic ring is 1. The van der Waals surface area contributed by atoms with Gasteiger partial charge in [-0.25, -0.2) is 0 Å². The minimum Gasteiger partial charge on any atom is -0.481 e. The minimum absolute atomic E-state index is 0.106. The van der Waals surface area contributed by atoms with Crippen molar-refractivity contribution in [3.05, 3.63) is 12.1 Å². The number of nitrogens with two attached hydrogens (primary N) is 1. The Morgan fingerprint density at radius 3 is 2.74 bits per heavy atom. The molecular weight excluding hydrogens is 242 g/mol. The van der Waals surface area contributed by atoms with E-state index in [9.17, 15) is 5.11 Å². The van der Waals surface area contributed by atoms with Crippen LogP contribution in [0, 0.1) is 0 Å². The molecule has 1 heterocycles. The van der Waals surface area contributed by atoms with Crippen LogP contribution in [0.1, 0.15) is 32.1 Å². The standard InChI is InChI=1S/C14H23N3O2/c1-19-13-8-7-12(15)14(16-13)17(9-10-18)11-5-3-2-4-6-11/h7-8,11,18H,2-6,9-10,15H2,1H3. The van der Waals surface area contributed by atoms with Gasteiger partial charge in [0.05, 0.1) is 19.4 Å². The van der Waals surface area contributed by atoms with Gasteiger partial charge >= 0.3 is 0 Å². The highest BCUT2D eigenvalue weighted by Crippen LogP contribution is 2.30. The molecule has 5 nitrogen and oxygen atoms in total. The summed E-state index contributed by atoms with van der Waals surface area (Å²) in [6, 6.07) is 3.99. The van der Waals surface area contributed by atoms with Crippen molar-refractivity contribution in [3.8, 4) is 5.88 Å². The third kappa shape index (κ3) is 3.29. The molecular formula is C14H23N3O2. The molecule has 1 aliphatic carbocycles. The molecule has 106 valence electrons. The number of hydrogen-bond acceptors (Lipinski definition) is 5. The number of nitrogens with zero attached hydrogens (tertiary/aromatic N) is 2. The third-order valence-corrected chi connectivity index (χ3v) is 3.72. The Kier molecular flexibility index (Phi) is 4.85. The molecule has 0 saturated heterocycles. The Bertz CT molecular complexity index is 406. The first-order chi connectivity index (χ1) is 9.26. The highest BCUT2D eigenvalue weighted by atomic mass is 16.5. The van der Waals surface area contributed by atoms with Gasteiger partial charge in [-0.3, -0.25) is 0 Å². The molecule has 1 aromatic rings. The van der Waals surface area contributed by atoms with Gasteiger partial charge in [-0.05, 0) is 18.9 Å². The first kappa shape index (κ1) is 13.9. The largest absolute Gasteiger partial charge is 0.481 e. The molecule has 0 spiro atoms. The summed E-state index contributed by atoms with van der Waals surface area (Å²) in [5.74, 6) is 1.29. The summed E-state index contributed by atoms with van der Waals surface area (Å²) in [7, 11) is 1.60. The van der Waals surface area contributed by atoms with Crippen LogP contribution in [-0.2, 0) is 0 Å². The Labute approximate surface area is 114 Å². The first-order valence-electron chi connectivity index (χ1n) is 6.94. The third-order valence-electron chi connectivity index (χ3n) is 3.72. The van der Waals surface area contributed by atoms with E-state index < -0.39 is 0 Å². The summed E-state index contributed by atoms with van der Waals surface area (Å²) in [6.45, 7) is 0.671. The van der Waals surface area contributed by atoms with Crippen molar-refractivity contribution in [2.45, 2.75) is 38.1 Å². The van der Waals surface area contributed by atoms with Crippen LogP contribution in [0.5, 0.6) is 5.88 Å². The zero-order chi connectivity index (χ0) is 13.7. The van der Waals surface area contributed by atoms with Crippen LogP contribution in [-0.4, -0.2) is 36.4 Å². The quantitative estimate of drug-likeness (QED) is 0.849. The fourth-order valence-corrected chi connectivity index (χ4v) is 2.75. The van der Waals surface area contributed by atoms with Crippen molar-refractivity contribution < 1.29 is 9.84 Å². The summed E-state index contributed by atoms with van der Waals surface area (Å²) < 4.78 is 5.17. The van der Waals surface area contributed by atoms with Crippen molar-refractivity contribution in [1.82, 2.24) is 4.98 Å². The molecule has 1 fully saturated rings. The number of anilines is 2. The highest BCUT2D eigenvalue weighted by molar-refractivity contribution is 5.64. The van der Waals surface area contributed by atoms with Crippen molar-refractivity contribution in [2.75, 3.05) is 30.9 Å². The molecule has 19 heavy (non-hydrogen) atoms. The van der Waals surface area contributed by atoms with Gasteiger partial charge in [0.1, 0.15) is 0 Å². The SMILES string of the molecule is COc1ccc(N)c(N(CCO)C2CCCCC2)n1. The van der Waals surface area contributed by atoms with E-state index in [2.05, 4.69) is 9.88 Å². The van der Waals surface area contributed by atoms with Crippen molar-refractivity contribution in [3.63, 3.8) is 0 Å². The van der Waals surface area contributed by atoms with Gasteiger partial charge in [0, 0.05) is 18.7 Å². The molecule has 0 unspecified atom stereocenters. The lowest BCUT2D eigenvalue weighted by molar-refractivity contribution is 0.289. The second-order valence-electron chi connectivity index (χ2n) is 4.98. The maximum atomic E-state index is 9.30. The molecule has 1 aromatic heterocycles. The molecule has 0 radical (unpaired) electrons. The summed E-state index contributed by atoms with van der Waals surface area (Å²) in [5.41, 5.74) is 6.68. The van der Waals surface area contributed by atoms with E-state index in [1.54, 1.807) is 13.2 Å². The maximum absolute atomic E-state index is 9.30. The lowest BCUT2D eigenvalue weighted by Gasteiger charge is -2.35. The average molecular weight is 265 g/mol. The molecule has 1 aliphatic rings. The lowest BCUT2D eigenvalue weighted by Crippen LogP contribution is -2.39. The maximum Gasteiger partial charge on any atom is 0.215 e. The number of ether oxygens (including phenoxy) is 1. The number of hydrogen-bond donors (Lipinski definition) is 2. The van der Waals surface area contributed by atoms with Gasteiger partial charge in [0.2, 0.25) is 5.88 Å². The number of rotatable bonds is 5. The Morgan fingerprint density at radius 2 is 2.11 bits per heavy atom. The van der Waals surface area contributed by atoms with Gasteiger partial charge < -0.3 is 20.5 Å². The van der Waals surface area contributed by atoms with Gasteiger partial charge in [0.15, 0.2) is 5.82 Å². The summed E-state index contributed by atoms with van der Waals surface area (Å²) in [4.78, 5) is 6.59. The van der Waals surface area contributed by atoms with Crippen LogP contribution in [0.2, 0.25) is 0 Å². The molecule has 2 rings (SSSR count). The number of pyridine rings is 1. The van der Waals surface area contributed by atoms with E-state index in [0.717, 1.165) is 18.7 Å². The monoisotopic (exact) mass is 265 g/mol. The second kappa shape index (κ2) is 6.61. The summed E-state index contributed by atoms with van der Waals surface area (Å²) >= 11 is 0. The van der Waals surface area contributed by atoms with Gasteiger partial charge in [-0.2, -0.15) is 4.98 Å². The highest BCUT2D eigenvalue weighted by Gasteiger charge is 2.23. The molecule has 0 aliphatic heterocycles. The fourth-order valence-electron chi connectivity index (χ4n) is 2.75. The zero-order valence-electron chi connectivity index (χ0n) is 11.5. The van der Waals surface area contributed by atoms with E-state index in [1.807, 2.05) is 6.07 Å². The van der Waals surface area contributed by atoms with Crippen molar-refractivity contribution in [1.29, 1.82) is 0 Å². The topological polar surface area (TPSA) is 71.6 Å². The molecule has 1 saturated carbocycles. The predicted octanol–water partition coefficient (Wildman–Crippen LogP) is 1.80. The van der Waals surface area contributed by atoms with Gasteiger partial charge in [0.25, 0.3) is 0 Å². The van der Waals surface area contributed by atoms with Crippen LogP contribution in [0.3, 0.4) is 0 Å². The second-order valence-corrected chi connectivity index (χ2v) is 4.98. The molecule has 0 bridgehead atoms. The number of aromatic nitrogens is 1. The molecule has 0 atom stereocenters. The molecule has 5 heteroatoms. The van der Waals surface area contributed by atoms with Crippen LogP contribution < -0.4 is 15.4 Å². The minimum atomic E-state index is 0.106. The van der Waals surface area contributed by atoms with Gasteiger partial charge in [-0.1, -0.05) is 19.3 Å². The Balaban J connectivity index is 2.26. The van der Waals surface area contributed by atoms with Crippen molar-refractivity contribution in [2.24, 2.45) is 0 Å². The Morgan fingerprint density at radius 1 is 1.37 bits per heavy atom. The van der Waals surface area contributed by atoms with Crippen LogP contribution in [0.15, 0.2) is 12.1 Å². The van der Waals surface area contributed by atoms with E-state index in [0.29, 0.717) is 24.2 Å². The average Bonchev–Trinajstić information content (AvgIpc) is 2.47. The van der Waals surface area contributed by atoms with Crippen LogP contribution >= 0.6 is 0 Å². The van der Waals surface area contributed by atoms with Crippen LogP contribution in [0.4, 0.5) is 11.5 Å². The predicted molar refractivity (Wildman–Crippen MR) is 76.5 cm³/mol. The van der Waals surface area contributed by atoms with Crippen LogP contribution in [0.25, 0.3) is 0 Å². The van der Waals surface area contributed by atoms with Crippen molar-refractivity contribution >= 4 is 11.5 Å².